The molecule has 0 spiro atoms. The monoisotopic (exact) mass is 551 g/mol. The quantitative estimate of drug-likeness (QED) is 0.203. The minimum absolute atomic E-state index is 0.0304. The number of fused-ring (bicyclic) bond motifs is 1. The molecular formula is C30H41N5O5. The van der Waals surface area contributed by atoms with Crippen LogP contribution in [0.5, 0.6) is 0 Å². The number of imidazole rings is 1. The average molecular weight is 552 g/mol. The number of nitrogens with zero attached hydrogens (tertiary/aromatic N) is 1. The van der Waals surface area contributed by atoms with Crippen molar-refractivity contribution in [1.82, 2.24) is 25.6 Å². The van der Waals surface area contributed by atoms with E-state index in [0.29, 0.717) is 28.8 Å². The summed E-state index contributed by atoms with van der Waals surface area (Å²) in [4.78, 5) is 49.1. The third kappa shape index (κ3) is 7.79. The molecule has 1 fully saturated rings. The third-order valence-electron chi connectivity index (χ3n) is 7.96. The van der Waals surface area contributed by atoms with E-state index in [1.807, 2.05) is 13.8 Å². The van der Waals surface area contributed by atoms with Crippen LogP contribution in [0.15, 0.2) is 47.7 Å². The van der Waals surface area contributed by atoms with Crippen molar-refractivity contribution in [2.75, 3.05) is 0 Å². The predicted octanol–water partition coefficient (Wildman–Crippen LogP) is 2.82. The second-order valence-corrected chi connectivity index (χ2v) is 11.4. The molecule has 1 saturated carbocycles. The van der Waals surface area contributed by atoms with Crippen molar-refractivity contribution in [3.8, 4) is 0 Å². The molecule has 4 rings (SSSR count). The van der Waals surface area contributed by atoms with Crippen LogP contribution in [-0.2, 0) is 11.2 Å². The molecule has 0 unspecified atom stereocenters. The van der Waals surface area contributed by atoms with Crippen molar-refractivity contribution in [2.45, 2.75) is 89.5 Å². The van der Waals surface area contributed by atoms with E-state index in [1.54, 1.807) is 36.5 Å². The Hall–Kier alpha value is -3.50. The van der Waals surface area contributed by atoms with Gasteiger partial charge in [0, 0.05) is 30.1 Å². The van der Waals surface area contributed by atoms with Crippen molar-refractivity contribution in [1.29, 1.82) is 0 Å². The fourth-order valence-electron chi connectivity index (χ4n) is 5.46. The molecule has 2 heterocycles. The fourth-order valence-corrected chi connectivity index (χ4v) is 5.46. The van der Waals surface area contributed by atoms with Gasteiger partial charge in [-0.2, -0.15) is 0 Å². The molecule has 0 aliphatic heterocycles. The van der Waals surface area contributed by atoms with Gasteiger partial charge in [0.2, 0.25) is 5.91 Å². The van der Waals surface area contributed by atoms with Crippen LogP contribution in [0.4, 0.5) is 0 Å². The van der Waals surface area contributed by atoms with Crippen molar-refractivity contribution < 1.29 is 19.8 Å². The van der Waals surface area contributed by atoms with Crippen LogP contribution >= 0.6 is 0 Å². The van der Waals surface area contributed by atoms with Crippen LogP contribution in [0.1, 0.15) is 75.0 Å². The number of aromatic nitrogens is 3. The number of aliphatic hydroxyl groups excluding tert-OH is 2. The van der Waals surface area contributed by atoms with Gasteiger partial charge in [-0.1, -0.05) is 64.2 Å². The Kier molecular flexibility index (Phi) is 10.1. The average Bonchev–Trinajstić information content (AvgIpc) is 3.46. The highest BCUT2D eigenvalue weighted by Crippen LogP contribution is 2.29. The Morgan fingerprint density at radius 3 is 2.52 bits per heavy atom. The minimum atomic E-state index is -1.00. The van der Waals surface area contributed by atoms with Crippen molar-refractivity contribution >= 4 is 22.6 Å². The molecule has 0 saturated heterocycles. The fraction of sp³-hybridized carbons (Fsp3) is 0.533. The Morgan fingerprint density at radius 2 is 1.82 bits per heavy atom. The number of carbonyl (C=O) groups excluding carboxylic acids is 2. The zero-order chi connectivity index (χ0) is 28.6. The van der Waals surface area contributed by atoms with Gasteiger partial charge < -0.3 is 30.8 Å². The molecular weight excluding hydrogens is 510 g/mol. The number of aliphatic hydroxyl groups is 2. The van der Waals surface area contributed by atoms with E-state index in [9.17, 15) is 24.6 Å². The number of amides is 2. The first kappa shape index (κ1) is 29.5. The summed E-state index contributed by atoms with van der Waals surface area (Å²) in [7, 11) is 0. The second kappa shape index (κ2) is 13.7. The first-order valence-corrected chi connectivity index (χ1v) is 14.3. The first-order chi connectivity index (χ1) is 19.2. The highest BCUT2D eigenvalue weighted by Gasteiger charge is 2.31. The van der Waals surface area contributed by atoms with E-state index >= 15 is 0 Å². The van der Waals surface area contributed by atoms with Crippen molar-refractivity contribution in [3.05, 3.63) is 64.6 Å². The number of carbonyl (C=O) groups is 2. The van der Waals surface area contributed by atoms with Crippen LogP contribution in [-0.4, -0.2) is 61.3 Å². The van der Waals surface area contributed by atoms with Crippen LogP contribution in [0.2, 0.25) is 0 Å². The SMILES string of the molecule is CC(C)[C@@H](O)C[C@H](O)[C@H](CC1CCCCC1)NC(=O)[C@H](Cc1cnc[nH]1)NC(=O)c1cc2ccccc2c(=O)[nH]1. The second-order valence-electron chi connectivity index (χ2n) is 11.4. The Bertz CT molecular complexity index is 1320. The summed E-state index contributed by atoms with van der Waals surface area (Å²) in [6.07, 6.45) is 7.82. The lowest BCUT2D eigenvalue weighted by Gasteiger charge is -2.32. The lowest BCUT2D eigenvalue weighted by atomic mass is 9.82. The number of hydrogen-bond acceptors (Lipinski definition) is 6. The maximum atomic E-state index is 13.7. The lowest BCUT2D eigenvalue weighted by Crippen LogP contribution is -2.54. The molecule has 3 aromatic rings. The number of benzene rings is 1. The van der Waals surface area contributed by atoms with Crippen LogP contribution in [0, 0.1) is 11.8 Å². The van der Waals surface area contributed by atoms with Crippen molar-refractivity contribution in [2.24, 2.45) is 11.8 Å². The van der Waals surface area contributed by atoms with E-state index in [1.165, 1.54) is 12.7 Å². The van der Waals surface area contributed by atoms with Gasteiger partial charge in [0.05, 0.1) is 24.6 Å². The van der Waals surface area contributed by atoms with Gasteiger partial charge in [0.25, 0.3) is 11.5 Å². The van der Waals surface area contributed by atoms with Gasteiger partial charge in [-0.15, -0.1) is 0 Å². The molecule has 6 N–H and O–H groups in total. The van der Waals surface area contributed by atoms with E-state index in [0.717, 1.165) is 25.7 Å². The summed E-state index contributed by atoms with van der Waals surface area (Å²) >= 11 is 0. The zero-order valence-electron chi connectivity index (χ0n) is 23.2. The number of pyridine rings is 1. The molecule has 4 atom stereocenters. The summed E-state index contributed by atoms with van der Waals surface area (Å²) in [6, 6.07) is 6.97. The van der Waals surface area contributed by atoms with Gasteiger partial charge in [-0.25, -0.2) is 4.98 Å². The molecule has 0 radical (unpaired) electrons. The predicted molar refractivity (Wildman–Crippen MR) is 153 cm³/mol. The summed E-state index contributed by atoms with van der Waals surface area (Å²) in [5, 5.41) is 28.4. The summed E-state index contributed by atoms with van der Waals surface area (Å²) in [5.41, 5.74) is 0.300. The summed E-state index contributed by atoms with van der Waals surface area (Å²) in [6.45, 7) is 3.78. The molecule has 2 aromatic heterocycles. The van der Waals surface area contributed by atoms with E-state index in [2.05, 4.69) is 25.6 Å². The zero-order valence-corrected chi connectivity index (χ0v) is 23.2. The summed E-state index contributed by atoms with van der Waals surface area (Å²) in [5.74, 6) is -0.711. The molecule has 40 heavy (non-hydrogen) atoms. The molecule has 216 valence electrons. The Balaban J connectivity index is 1.54. The number of nitrogens with one attached hydrogen (secondary N) is 4. The Morgan fingerprint density at radius 1 is 1.07 bits per heavy atom. The molecule has 2 amide bonds. The van der Waals surface area contributed by atoms with E-state index in [-0.39, 0.29) is 24.5 Å². The van der Waals surface area contributed by atoms with E-state index in [4.69, 9.17) is 0 Å². The van der Waals surface area contributed by atoms with Gasteiger partial charge in [-0.3, -0.25) is 14.4 Å². The van der Waals surface area contributed by atoms with E-state index < -0.39 is 41.7 Å². The maximum Gasteiger partial charge on any atom is 0.268 e. The highest BCUT2D eigenvalue weighted by atomic mass is 16.3. The number of hydrogen-bond donors (Lipinski definition) is 6. The molecule has 0 bridgehead atoms. The normalized spacial score (nSPS) is 17.3. The number of rotatable bonds is 12. The molecule has 1 aromatic carbocycles. The smallest absolute Gasteiger partial charge is 0.268 e. The Labute approximate surface area is 234 Å². The first-order valence-electron chi connectivity index (χ1n) is 14.3. The van der Waals surface area contributed by atoms with Crippen LogP contribution in [0.25, 0.3) is 10.8 Å². The van der Waals surface area contributed by atoms with Gasteiger partial charge >= 0.3 is 0 Å². The van der Waals surface area contributed by atoms with Crippen molar-refractivity contribution in [3.63, 3.8) is 0 Å². The van der Waals surface area contributed by atoms with Crippen LogP contribution in [0.3, 0.4) is 0 Å². The molecule has 10 nitrogen and oxygen atoms in total. The highest BCUT2D eigenvalue weighted by molar-refractivity contribution is 5.98. The number of H-pyrrole nitrogens is 2. The maximum absolute atomic E-state index is 13.7. The lowest BCUT2D eigenvalue weighted by molar-refractivity contribution is -0.125. The topological polar surface area (TPSA) is 160 Å². The van der Waals surface area contributed by atoms with Gasteiger partial charge in [0.1, 0.15) is 11.7 Å². The van der Waals surface area contributed by atoms with Crippen LogP contribution < -0.4 is 16.2 Å². The largest absolute Gasteiger partial charge is 0.393 e. The third-order valence-corrected chi connectivity index (χ3v) is 7.96. The summed E-state index contributed by atoms with van der Waals surface area (Å²) < 4.78 is 0. The molecule has 1 aliphatic rings. The standard InChI is InChI=1S/C30H41N5O5/c1-18(2)26(36)15-27(37)23(12-19-8-4-3-5-9-19)33-30(40)25(14-21-16-31-17-32-21)35-29(39)24-13-20-10-6-7-11-22(20)28(38)34-24/h6-7,10-11,13,16-19,23,25-27,36-37H,3-5,8-9,12,14-15H2,1-2H3,(H,31,32)(H,33,40)(H,34,38)(H,35,39)/t23-,25-,26-,27-/m0/s1. The number of aromatic amines is 2. The molecule has 1 aliphatic carbocycles. The van der Waals surface area contributed by atoms with Gasteiger partial charge in [-0.05, 0) is 35.8 Å². The minimum Gasteiger partial charge on any atom is -0.393 e. The molecule has 10 heteroatoms. The van der Waals surface area contributed by atoms with Gasteiger partial charge in [0.15, 0.2) is 0 Å².